The van der Waals surface area contributed by atoms with Crippen LogP contribution in [0.3, 0.4) is 0 Å². The number of hydrogen-bond donors (Lipinski definition) is 2. The topological polar surface area (TPSA) is 59.6 Å². The molecule has 2 atom stereocenters. The van der Waals surface area contributed by atoms with Gasteiger partial charge in [-0.3, -0.25) is 4.79 Å². The summed E-state index contributed by atoms with van der Waals surface area (Å²) in [6.07, 6.45) is -0.439. The molecule has 5 nitrogen and oxygen atoms in total. The van der Waals surface area contributed by atoms with Gasteiger partial charge in [0.25, 0.3) is 5.91 Å². The lowest BCUT2D eigenvalue weighted by Gasteiger charge is -2.25. The van der Waals surface area contributed by atoms with E-state index in [-0.39, 0.29) is 11.8 Å². The molecular formula is C14H20N2O3. The van der Waals surface area contributed by atoms with Crippen LogP contribution in [0.5, 0.6) is 5.75 Å². The number of ether oxygens (including phenoxy) is 2. The third kappa shape index (κ3) is 3.05. The first-order valence-electron chi connectivity index (χ1n) is 6.40. The number of likely N-dealkylation sites (N-methyl/N-ethyl adjacent to an activating group) is 1. The van der Waals surface area contributed by atoms with E-state index in [1.54, 1.807) is 14.0 Å². The summed E-state index contributed by atoms with van der Waals surface area (Å²) in [6, 6.07) is 5.88. The maximum absolute atomic E-state index is 11.6. The van der Waals surface area contributed by atoms with Crippen molar-refractivity contribution >= 4 is 11.6 Å². The standard InChI is InChI=1S/C14H20N2O3/c1-9-14(17)16-12-6-10(4-5-13(12)19-9)11(7-15-2)8-18-3/h4-6,9,11,15H,7-8H2,1-3H3,(H,16,17). The van der Waals surface area contributed by atoms with E-state index in [2.05, 4.69) is 10.6 Å². The SMILES string of the molecule is CNCC(COC)c1ccc2c(c1)NC(=O)C(C)O2. The molecule has 0 radical (unpaired) electrons. The van der Waals surface area contributed by atoms with Gasteiger partial charge < -0.3 is 20.1 Å². The van der Waals surface area contributed by atoms with E-state index < -0.39 is 6.10 Å². The summed E-state index contributed by atoms with van der Waals surface area (Å²) in [5, 5.41) is 6.01. The number of rotatable bonds is 5. The highest BCUT2D eigenvalue weighted by Crippen LogP contribution is 2.32. The predicted octanol–water partition coefficient (Wildman–Crippen LogP) is 1.36. The molecule has 1 aromatic rings. The maximum atomic E-state index is 11.6. The average Bonchev–Trinajstić information content (AvgIpc) is 2.39. The Morgan fingerprint density at radius 3 is 3.00 bits per heavy atom. The molecule has 104 valence electrons. The molecule has 1 aromatic carbocycles. The van der Waals surface area contributed by atoms with Crippen molar-refractivity contribution in [2.45, 2.75) is 18.9 Å². The van der Waals surface area contributed by atoms with Crippen molar-refractivity contribution in [3.8, 4) is 5.75 Å². The Kier molecular flexibility index (Phi) is 4.39. The largest absolute Gasteiger partial charge is 0.479 e. The van der Waals surface area contributed by atoms with Crippen LogP contribution in [0.1, 0.15) is 18.4 Å². The van der Waals surface area contributed by atoms with Gasteiger partial charge in [-0.1, -0.05) is 6.07 Å². The number of nitrogens with one attached hydrogen (secondary N) is 2. The lowest BCUT2D eigenvalue weighted by Crippen LogP contribution is -2.34. The van der Waals surface area contributed by atoms with Gasteiger partial charge in [0.2, 0.25) is 0 Å². The van der Waals surface area contributed by atoms with E-state index in [1.807, 2.05) is 25.2 Å². The van der Waals surface area contributed by atoms with Gasteiger partial charge in [-0.15, -0.1) is 0 Å². The van der Waals surface area contributed by atoms with Crippen LogP contribution in [0.15, 0.2) is 18.2 Å². The normalized spacial score (nSPS) is 19.3. The van der Waals surface area contributed by atoms with Crippen molar-refractivity contribution in [3.63, 3.8) is 0 Å². The molecule has 0 fully saturated rings. The molecule has 0 saturated heterocycles. The van der Waals surface area contributed by atoms with Crippen molar-refractivity contribution in [2.24, 2.45) is 0 Å². The molecule has 0 spiro atoms. The summed E-state index contributed by atoms with van der Waals surface area (Å²) < 4.78 is 10.8. The Morgan fingerprint density at radius 2 is 2.32 bits per heavy atom. The third-order valence-corrected chi connectivity index (χ3v) is 3.22. The molecule has 2 unspecified atom stereocenters. The fourth-order valence-corrected chi connectivity index (χ4v) is 2.20. The molecule has 0 bridgehead atoms. The smallest absolute Gasteiger partial charge is 0.265 e. The van der Waals surface area contributed by atoms with Crippen molar-refractivity contribution in [2.75, 3.05) is 32.6 Å². The summed E-state index contributed by atoms with van der Waals surface area (Å²) in [5.41, 5.74) is 1.85. The van der Waals surface area contributed by atoms with Gasteiger partial charge in [0.05, 0.1) is 12.3 Å². The third-order valence-electron chi connectivity index (χ3n) is 3.22. The van der Waals surface area contributed by atoms with Crippen LogP contribution in [0.2, 0.25) is 0 Å². The van der Waals surface area contributed by atoms with Gasteiger partial charge in [0, 0.05) is 19.6 Å². The molecule has 1 aliphatic heterocycles. The van der Waals surface area contributed by atoms with Gasteiger partial charge >= 0.3 is 0 Å². The first-order valence-corrected chi connectivity index (χ1v) is 6.40. The monoisotopic (exact) mass is 264 g/mol. The summed E-state index contributed by atoms with van der Waals surface area (Å²) in [4.78, 5) is 11.6. The highest BCUT2D eigenvalue weighted by Gasteiger charge is 2.24. The first-order chi connectivity index (χ1) is 9.15. The molecule has 0 saturated carbocycles. The summed E-state index contributed by atoms with van der Waals surface area (Å²) in [7, 11) is 3.60. The number of anilines is 1. The van der Waals surface area contributed by atoms with Crippen molar-refractivity contribution in [1.29, 1.82) is 0 Å². The zero-order valence-corrected chi connectivity index (χ0v) is 11.5. The predicted molar refractivity (Wildman–Crippen MR) is 73.7 cm³/mol. The molecule has 5 heteroatoms. The summed E-state index contributed by atoms with van der Waals surface area (Å²) >= 11 is 0. The fraction of sp³-hybridized carbons (Fsp3) is 0.500. The van der Waals surface area contributed by atoms with Crippen molar-refractivity contribution < 1.29 is 14.3 Å². The van der Waals surface area contributed by atoms with E-state index >= 15 is 0 Å². The Morgan fingerprint density at radius 1 is 1.53 bits per heavy atom. The molecule has 2 N–H and O–H groups in total. The van der Waals surface area contributed by atoms with Crippen LogP contribution < -0.4 is 15.4 Å². The molecule has 0 aliphatic carbocycles. The highest BCUT2D eigenvalue weighted by molar-refractivity contribution is 5.97. The van der Waals surface area contributed by atoms with Gasteiger partial charge in [-0.25, -0.2) is 0 Å². The zero-order valence-electron chi connectivity index (χ0n) is 11.5. The van der Waals surface area contributed by atoms with Crippen LogP contribution in [0.4, 0.5) is 5.69 Å². The zero-order chi connectivity index (χ0) is 13.8. The molecule has 1 amide bonds. The van der Waals surface area contributed by atoms with Crippen LogP contribution in [0, 0.1) is 0 Å². The number of carbonyl (C=O) groups is 1. The van der Waals surface area contributed by atoms with Crippen LogP contribution >= 0.6 is 0 Å². The Balaban J connectivity index is 2.24. The molecule has 1 aliphatic rings. The lowest BCUT2D eigenvalue weighted by atomic mass is 9.98. The van der Waals surface area contributed by atoms with Gasteiger partial charge in [-0.2, -0.15) is 0 Å². The van der Waals surface area contributed by atoms with E-state index in [4.69, 9.17) is 9.47 Å². The van der Waals surface area contributed by atoms with Gasteiger partial charge in [0.15, 0.2) is 6.10 Å². The second kappa shape index (κ2) is 6.04. The van der Waals surface area contributed by atoms with Gasteiger partial charge in [0.1, 0.15) is 5.75 Å². The molecule has 0 aromatic heterocycles. The van der Waals surface area contributed by atoms with E-state index in [1.165, 1.54) is 0 Å². The first kappa shape index (κ1) is 13.8. The average molecular weight is 264 g/mol. The second-order valence-electron chi connectivity index (χ2n) is 4.71. The van der Waals surface area contributed by atoms with Crippen LogP contribution in [-0.2, 0) is 9.53 Å². The Hall–Kier alpha value is -1.59. The van der Waals surface area contributed by atoms with E-state index in [0.717, 1.165) is 23.5 Å². The number of methoxy groups -OCH3 is 1. The molecule has 2 rings (SSSR count). The second-order valence-corrected chi connectivity index (χ2v) is 4.71. The number of fused-ring (bicyclic) bond motifs is 1. The number of benzene rings is 1. The number of carbonyl (C=O) groups excluding carboxylic acids is 1. The lowest BCUT2D eigenvalue weighted by molar-refractivity contribution is -0.122. The van der Waals surface area contributed by atoms with E-state index in [0.29, 0.717) is 6.61 Å². The fourth-order valence-electron chi connectivity index (χ4n) is 2.20. The minimum Gasteiger partial charge on any atom is -0.479 e. The van der Waals surface area contributed by atoms with Crippen molar-refractivity contribution in [3.05, 3.63) is 23.8 Å². The number of amides is 1. The minimum atomic E-state index is -0.439. The quantitative estimate of drug-likeness (QED) is 0.843. The summed E-state index contributed by atoms with van der Waals surface area (Å²) in [5.74, 6) is 0.856. The van der Waals surface area contributed by atoms with Gasteiger partial charge in [-0.05, 0) is 31.7 Å². The molecular weight excluding hydrogens is 244 g/mol. The molecule has 1 heterocycles. The van der Waals surface area contributed by atoms with E-state index in [9.17, 15) is 4.79 Å². The Labute approximate surface area is 113 Å². The minimum absolute atomic E-state index is 0.110. The summed E-state index contributed by atoms with van der Waals surface area (Å²) in [6.45, 7) is 3.18. The van der Waals surface area contributed by atoms with Crippen molar-refractivity contribution in [1.82, 2.24) is 5.32 Å². The highest BCUT2D eigenvalue weighted by atomic mass is 16.5. The Bertz CT molecular complexity index is 456. The maximum Gasteiger partial charge on any atom is 0.265 e. The van der Waals surface area contributed by atoms with Crippen LogP contribution in [-0.4, -0.2) is 39.3 Å². The van der Waals surface area contributed by atoms with Crippen LogP contribution in [0.25, 0.3) is 0 Å². The molecule has 19 heavy (non-hydrogen) atoms. The number of hydrogen-bond acceptors (Lipinski definition) is 4.